The third kappa shape index (κ3) is 3.62. The van der Waals surface area contributed by atoms with E-state index in [1.54, 1.807) is 14.2 Å². The summed E-state index contributed by atoms with van der Waals surface area (Å²) >= 11 is 6.13. The van der Waals surface area contributed by atoms with Crippen LogP contribution in [-0.4, -0.2) is 38.7 Å². The van der Waals surface area contributed by atoms with Crippen LogP contribution in [0.1, 0.15) is 18.4 Å². The van der Waals surface area contributed by atoms with Crippen molar-refractivity contribution in [1.82, 2.24) is 10.6 Å². The Balaban J connectivity index is 1.68. The van der Waals surface area contributed by atoms with Gasteiger partial charge in [0.05, 0.1) is 31.1 Å². The van der Waals surface area contributed by atoms with Crippen LogP contribution >= 0.6 is 11.6 Å². The Hall–Kier alpha value is -2.44. The molecule has 3 N–H and O–H groups in total. The molecule has 4 rings (SSSR count). The molecule has 0 bridgehead atoms. The molecule has 2 heterocycles. The standard InChI is InChI=1S/C21H25ClN4O2/c1-27-18-11-16-17(12-19(18)28-2)26-21(6-8-23-9-7-21)20(25-16)24-13-14-4-3-5-15(22)10-14/h3-5,10-12,23,26H,6-9,13H2,1-2H3,(H,24,25). The number of methoxy groups -OCH3 is 2. The highest BCUT2D eigenvalue weighted by Gasteiger charge is 2.40. The molecule has 0 radical (unpaired) electrons. The number of benzene rings is 2. The number of hydrogen-bond donors (Lipinski definition) is 3. The first-order chi connectivity index (χ1) is 13.6. The molecule has 148 valence electrons. The van der Waals surface area contributed by atoms with Crippen molar-refractivity contribution in [2.45, 2.75) is 24.9 Å². The number of fused-ring (bicyclic) bond motifs is 1. The lowest BCUT2D eigenvalue weighted by Gasteiger charge is -2.43. The zero-order valence-corrected chi connectivity index (χ0v) is 16.9. The monoisotopic (exact) mass is 400 g/mol. The molecule has 28 heavy (non-hydrogen) atoms. The van der Waals surface area contributed by atoms with Gasteiger partial charge in [-0.25, -0.2) is 4.99 Å². The molecule has 7 heteroatoms. The minimum atomic E-state index is -0.226. The molecule has 0 saturated carbocycles. The fourth-order valence-corrected chi connectivity index (χ4v) is 4.07. The van der Waals surface area contributed by atoms with E-state index in [1.807, 2.05) is 30.3 Å². The molecular formula is C21H25ClN4O2. The van der Waals surface area contributed by atoms with E-state index < -0.39 is 0 Å². The Bertz CT molecular complexity index is 894. The fraction of sp³-hybridized carbons (Fsp3) is 0.381. The Morgan fingerprint density at radius 1 is 1.11 bits per heavy atom. The average Bonchev–Trinajstić information content (AvgIpc) is 2.72. The summed E-state index contributed by atoms with van der Waals surface area (Å²) in [7, 11) is 3.28. The first-order valence-electron chi connectivity index (χ1n) is 9.46. The summed E-state index contributed by atoms with van der Waals surface area (Å²) in [6, 6.07) is 11.8. The van der Waals surface area contributed by atoms with Gasteiger partial charge in [-0.3, -0.25) is 0 Å². The summed E-state index contributed by atoms with van der Waals surface area (Å²) < 4.78 is 10.9. The van der Waals surface area contributed by atoms with Gasteiger partial charge in [0.15, 0.2) is 11.5 Å². The van der Waals surface area contributed by atoms with Gasteiger partial charge in [-0.2, -0.15) is 0 Å². The van der Waals surface area contributed by atoms with Crippen LogP contribution in [0.3, 0.4) is 0 Å². The highest BCUT2D eigenvalue weighted by atomic mass is 35.5. The normalized spacial score (nSPS) is 17.3. The van der Waals surface area contributed by atoms with Crippen molar-refractivity contribution in [3.63, 3.8) is 0 Å². The quantitative estimate of drug-likeness (QED) is 0.729. The molecule has 0 amide bonds. The van der Waals surface area contributed by atoms with E-state index in [0.29, 0.717) is 18.0 Å². The van der Waals surface area contributed by atoms with Crippen LogP contribution in [0.25, 0.3) is 0 Å². The van der Waals surface area contributed by atoms with Crippen molar-refractivity contribution in [3.05, 3.63) is 47.0 Å². The van der Waals surface area contributed by atoms with E-state index in [4.69, 9.17) is 26.1 Å². The van der Waals surface area contributed by atoms with Crippen molar-refractivity contribution in [2.24, 2.45) is 4.99 Å². The molecule has 1 spiro atoms. The van der Waals surface area contributed by atoms with E-state index in [-0.39, 0.29) is 5.54 Å². The van der Waals surface area contributed by atoms with Gasteiger partial charge >= 0.3 is 0 Å². The molecule has 1 fully saturated rings. The summed E-state index contributed by atoms with van der Waals surface area (Å²) in [6.45, 7) is 2.54. The van der Waals surface area contributed by atoms with Gasteiger partial charge in [0.1, 0.15) is 5.84 Å². The Morgan fingerprint density at radius 3 is 2.57 bits per heavy atom. The van der Waals surface area contributed by atoms with Gasteiger partial charge in [-0.15, -0.1) is 0 Å². The van der Waals surface area contributed by atoms with Crippen LogP contribution in [0.4, 0.5) is 11.4 Å². The molecule has 2 aromatic carbocycles. The second-order valence-electron chi connectivity index (χ2n) is 7.13. The zero-order chi connectivity index (χ0) is 19.6. The number of halogens is 1. The van der Waals surface area contributed by atoms with E-state index in [1.165, 1.54) is 0 Å². The molecule has 1 saturated heterocycles. The minimum Gasteiger partial charge on any atom is -0.493 e. The lowest BCUT2D eigenvalue weighted by atomic mass is 9.85. The lowest BCUT2D eigenvalue weighted by molar-refractivity contribution is 0.354. The van der Waals surface area contributed by atoms with Crippen molar-refractivity contribution in [1.29, 1.82) is 0 Å². The lowest BCUT2D eigenvalue weighted by Crippen LogP contribution is -2.58. The Morgan fingerprint density at radius 2 is 1.86 bits per heavy atom. The van der Waals surface area contributed by atoms with Crippen molar-refractivity contribution < 1.29 is 9.47 Å². The Kier molecular flexibility index (Phi) is 5.33. The maximum atomic E-state index is 6.13. The van der Waals surface area contributed by atoms with Gasteiger partial charge in [0.2, 0.25) is 0 Å². The number of hydrogen-bond acceptors (Lipinski definition) is 6. The molecule has 6 nitrogen and oxygen atoms in total. The molecule has 0 unspecified atom stereocenters. The molecule has 2 aliphatic rings. The third-order valence-corrected chi connectivity index (χ3v) is 5.60. The van der Waals surface area contributed by atoms with Gasteiger partial charge in [-0.05, 0) is 43.6 Å². The predicted molar refractivity (Wildman–Crippen MR) is 113 cm³/mol. The summed E-state index contributed by atoms with van der Waals surface area (Å²) in [5, 5.41) is 11.5. The van der Waals surface area contributed by atoms with Crippen LogP contribution in [0.5, 0.6) is 11.5 Å². The molecule has 2 aliphatic heterocycles. The topological polar surface area (TPSA) is 66.9 Å². The Labute approximate surface area is 170 Å². The maximum absolute atomic E-state index is 6.13. The van der Waals surface area contributed by atoms with Gasteiger partial charge in [0.25, 0.3) is 0 Å². The number of piperidine rings is 1. The molecule has 2 aromatic rings. The fourth-order valence-electron chi connectivity index (χ4n) is 3.86. The summed E-state index contributed by atoms with van der Waals surface area (Å²) in [4.78, 5) is 4.99. The first-order valence-corrected chi connectivity index (χ1v) is 9.84. The molecule has 0 aliphatic carbocycles. The van der Waals surface area contributed by atoms with Gasteiger partial charge in [0, 0.05) is 23.7 Å². The van der Waals surface area contributed by atoms with Gasteiger partial charge < -0.3 is 25.4 Å². The summed E-state index contributed by atoms with van der Waals surface area (Å²) in [6.07, 6.45) is 1.89. The number of ether oxygens (including phenoxy) is 2. The van der Waals surface area contributed by atoms with E-state index in [9.17, 15) is 0 Å². The van der Waals surface area contributed by atoms with E-state index >= 15 is 0 Å². The maximum Gasteiger partial charge on any atom is 0.163 e. The number of aliphatic imine (C=N–C) groups is 1. The van der Waals surface area contributed by atoms with E-state index in [0.717, 1.165) is 53.7 Å². The van der Waals surface area contributed by atoms with Crippen LogP contribution in [-0.2, 0) is 6.54 Å². The van der Waals surface area contributed by atoms with Crippen LogP contribution < -0.4 is 25.4 Å². The molecule has 0 aromatic heterocycles. The third-order valence-electron chi connectivity index (χ3n) is 5.37. The number of rotatable bonds is 4. The summed E-state index contributed by atoms with van der Waals surface area (Å²) in [5.74, 6) is 2.32. The SMILES string of the molecule is COc1cc2c(cc1OC)NC1(CCNCC1)C(NCc1cccc(Cl)c1)=N2. The highest BCUT2D eigenvalue weighted by molar-refractivity contribution is 6.30. The van der Waals surface area contributed by atoms with E-state index in [2.05, 4.69) is 22.0 Å². The van der Waals surface area contributed by atoms with Crippen molar-refractivity contribution >= 4 is 28.8 Å². The van der Waals surface area contributed by atoms with Crippen molar-refractivity contribution in [3.8, 4) is 11.5 Å². The molecule has 0 atom stereocenters. The van der Waals surface area contributed by atoms with Crippen LogP contribution in [0.15, 0.2) is 41.4 Å². The number of nitrogens with one attached hydrogen (secondary N) is 3. The second-order valence-corrected chi connectivity index (χ2v) is 7.56. The smallest absolute Gasteiger partial charge is 0.163 e. The highest BCUT2D eigenvalue weighted by Crippen LogP contribution is 2.43. The number of nitrogens with zero attached hydrogens (tertiary/aromatic N) is 1. The second kappa shape index (κ2) is 7.89. The minimum absolute atomic E-state index is 0.226. The van der Waals surface area contributed by atoms with Crippen molar-refractivity contribution in [2.75, 3.05) is 32.6 Å². The van der Waals surface area contributed by atoms with Crippen LogP contribution in [0, 0.1) is 0 Å². The summed E-state index contributed by atoms with van der Waals surface area (Å²) in [5.41, 5.74) is 2.71. The predicted octanol–water partition coefficient (Wildman–Crippen LogP) is 3.72. The van der Waals surface area contributed by atoms with Crippen LogP contribution in [0.2, 0.25) is 5.02 Å². The average molecular weight is 401 g/mol. The van der Waals surface area contributed by atoms with Gasteiger partial charge in [-0.1, -0.05) is 23.7 Å². The number of amidine groups is 1. The number of anilines is 1. The molecular weight excluding hydrogens is 376 g/mol. The largest absolute Gasteiger partial charge is 0.493 e. The zero-order valence-electron chi connectivity index (χ0n) is 16.1. The first kappa shape index (κ1) is 18.9.